The Morgan fingerprint density at radius 3 is 2.58 bits per heavy atom. The largest absolute Gasteiger partial charge is 0.493 e. The number of anilines is 3. The first kappa shape index (κ1) is 26.5. The molecule has 0 spiro atoms. The van der Waals surface area contributed by atoms with Gasteiger partial charge in [-0.1, -0.05) is 12.1 Å². The Hall–Kier alpha value is -4.52. The van der Waals surface area contributed by atoms with Crippen molar-refractivity contribution in [2.45, 2.75) is 38.0 Å². The number of hydrogen-bond acceptors (Lipinski definition) is 6. The predicted molar refractivity (Wildman–Crippen MR) is 137 cm³/mol. The third-order valence-electron chi connectivity index (χ3n) is 5.99. The average molecular weight is 523 g/mol. The van der Waals surface area contributed by atoms with E-state index >= 15 is 0 Å². The number of nitriles is 1. The number of rotatable bonds is 8. The van der Waals surface area contributed by atoms with Crippen LogP contribution < -0.4 is 20.1 Å². The number of nitrogens with one attached hydrogen (secondary N) is 2. The van der Waals surface area contributed by atoms with E-state index in [0.29, 0.717) is 28.4 Å². The zero-order valence-electron chi connectivity index (χ0n) is 20.5. The molecule has 2 aromatic carbocycles. The molecule has 1 fully saturated rings. The Bertz CT molecular complexity index is 1360. The average Bonchev–Trinajstić information content (AvgIpc) is 3.42. The van der Waals surface area contributed by atoms with E-state index < -0.39 is 17.6 Å². The van der Waals surface area contributed by atoms with Crippen molar-refractivity contribution in [3.05, 3.63) is 77.5 Å². The number of alkyl halides is 3. The number of hydrogen-bond donors (Lipinski definition) is 2. The first-order valence-electron chi connectivity index (χ1n) is 11.9. The fourth-order valence-corrected chi connectivity index (χ4v) is 4.07. The van der Waals surface area contributed by atoms with Crippen molar-refractivity contribution in [3.8, 4) is 17.6 Å². The number of amides is 1. The van der Waals surface area contributed by atoms with Gasteiger partial charge in [0.25, 0.3) is 0 Å². The van der Waals surface area contributed by atoms with Crippen molar-refractivity contribution < 1.29 is 27.4 Å². The number of carbonyl (C=O) groups is 1. The molecular formula is C28H25F3N4O3. The zero-order valence-corrected chi connectivity index (χ0v) is 20.5. The van der Waals surface area contributed by atoms with Crippen molar-refractivity contribution in [1.82, 2.24) is 4.98 Å². The lowest BCUT2D eigenvalue weighted by Crippen LogP contribution is -2.13. The minimum absolute atomic E-state index is 0.0573. The van der Waals surface area contributed by atoms with E-state index in [-0.39, 0.29) is 17.5 Å². The summed E-state index contributed by atoms with van der Waals surface area (Å²) < 4.78 is 51.7. The smallest absolute Gasteiger partial charge is 0.416 e. The number of benzene rings is 2. The van der Waals surface area contributed by atoms with Crippen LogP contribution in [-0.4, -0.2) is 24.1 Å². The van der Waals surface area contributed by atoms with E-state index in [4.69, 9.17) is 14.7 Å². The molecule has 3 aromatic rings. The lowest BCUT2D eigenvalue weighted by molar-refractivity contribution is -0.137. The molecule has 0 radical (unpaired) electrons. The van der Waals surface area contributed by atoms with E-state index in [9.17, 15) is 18.0 Å². The molecule has 0 atom stereocenters. The maximum absolute atomic E-state index is 13.4. The molecule has 10 heteroatoms. The number of halogens is 3. The number of ether oxygens (including phenoxy) is 2. The molecule has 1 aromatic heterocycles. The van der Waals surface area contributed by atoms with Crippen LogP contribution in [0.1, 0.15) is 42.4 Å². The topological polar surface area (TPSA) is 96.3 Å². The van der Waals surface area contributed by atoms with Gasteiger partial charge in [-0.2, -0.15) is 18.4 Å². The third-order valence-corrected chi connectivity index (χ3v) is 5.99. The van der Waals surface area contributed by atoms with Crippen molar-refractivity contribution in [1.29, 1.82) is 5.26 Å². The first-order chi connectivity index (χ1) is 18.3. The molecular weight excluding hydrogens is 497 g/mol. The maximum atomic E-state index is 13.4. The summed E-state index contributed by atoms with van der Waals surface area (Å²) in [7, 11) is 1.53. The summed E-state index contributed by atoms with van der Waals surface area (Å²) in [6, 6.07) is 13.2. The summed E-state index contributed by atoms with van der Waals surface area (Å²) >= 11 is 0. The number of methoxy groups -OCH3 is 1. The van der Waals surface area contributed by atoms with Gasteiger partial charge in [0.05, 0.1) is 35.7 Å². The van der Waals surface area contributed by atoms with Crippen molar-refractivity contribution in [2.75, 3.05) is 17.7 Å². The van der Waals surface area contributed by atoms with Gasteiger partial charge in [-0.05, 0) is 68.2 Å². The number of carbonyl (C=O) groups excluding carboxylic acids is 1. The molecule has 196 valence electrons. The fraction of sp³-hybridized carbons (Fsp3) is 0.250. The first-order valence-corrected chi connectivity index (χ1v) is 11.9. The standard InChI is InChI=1S/C28H25F3N4O3/c1-37-24-8-4-5-19(27(24)38-21-6-2-3-7-21)10-14-26(36)35-23-15-20(28(29,30)31)11-12-22(23)34-25-13-9-18(16-32)17-33-25/h4-5,8-15,17,21H,2-3,6-7H2,1H3,(H,33,34)(H,35,36). The number of para-hydroxylation sites is 1. The van der Waals surface area contributed by atoms with E-state index in [1.54, 1.807) is 18.2 Å². The highest BCUT2D eigenvalue weighted by Crippen LogP contribution is 2.37. The van der Waals surface area contributed by atoms with Gasteiger partial charge in [0.1, 0.15) is 11.9 Å². The van der Waals surface area contributed by atoms with E-state index in [0.717, 1.165) is 37.8 Å². The highest BCUT2D eigenvalue weighted by atomic mass is 19.4. The second-order valence-electron chi connectivity index (χ2n) is 8.65. The molecule has 0 bridgehead atoms. The Labute approximate surface area is 217 Å². The molecule has 7 nitrogen and oxygen atoms in total. The molecule has 2 N–H and O–H groups in total. The molecule has 1 heterocycles. The summed E-state index contributed by atoms with van der Waals surface area (Å²) in [5, 5.41) is 14.3. The number of aromatic nitrogens is 1. The van der Waals surface area contributed by atoms with Crippen molar-refractivity contribution >= 4 is 29.2 Å². The number of pyridine rings is 1. The summed E-state index contributed by atoms with van der Waals surface area (Å²) in [6.07, 6.45) is 3.56. The van der Waals surface area contributed by atoms with E-state index in [2.05, 4.69) is 15.6 Å². The van der Waals surface area contributed by atoms with E-state index in [1.165, 1.54) is 43.7 Å². The van der Waals surface area contributed by atoms with Crippen LogP contribution in [0.3, 0.4) is 0 Å². The molecule has 1 aliphatic rings. The highest BCUT2D eigenvalue weighted by molar-refractivity contribution is 6.04. The van der Waals surface area contributed by atoms with Gasteiger partial charge in [-0.25, -0.2) is 4.98 Å². The minimum Gasteiger partial charge on any atom is -0.493 e. The SMILES string of the molecule is COc1cccc(C=CC(=O)Nc2cc(C(F)(F)F)ccc2Nc2ccc(C#N)cn2)c1OC1CCCC1. The fourth-order valence-electron chi connectivity index (χ4n) is 4.07. The Morgan fingerprint density at radius 1 is 1.13 bits per heavy atom. The van der Waals surface area contributed by atoms with Gasteiger partial charge in [-0.3, -0.25) is 4.79 Å². The second kappa shape index (κ2) is 11.7. The van der Waals surface area contributed by atoms with Gasteiger partial charge in [0.2, 0.25) is 5.91 Å². The van der Waals surface area contributed by atoms with Gasteiger partial charge in [0, 0.05) is 17.8 Å². The predicted octanol–water partition coefficient (Wildman–Crippen LogP) is 6.70. The van der Waals surface area contributed by atoms with Gasteiger partial charge in [-0.15, -0.1) is 0 Å². The summed E-state index contributed by atoms with van der Waals surface area (Å²) in [5.74, 6) is 0.688. The van der Waals surface area contributed by atoms with Crippen LogP contribution >= 0.6 is 0 Å². The molecule has 0 aliphatic heterocycles. The molecule has 4 rings (SSSR count). The van der Waals surface area contributed by atoms with E-state index in [1.807, 2.05) is 6.07 Å². The Balaban J connectivity index is 1.57. The monoisotopic (exact) mass is 522 g/mol. The van der Waals surface area contributed by atoms with Crippen LogP contribution in [0, 0.1) is 11.3 Å². The second-order valence-corrected chi connectivity index (χ2v) is 8.65. The van der Waals surface area contributed by atoms with Crippen LogP contribution in [0.25, 0.3) is 6.08 Å². The molecule has 0 unspecified atom stereocenters. The van der Waals surface area contributed by atoms with Crippen molar-refractivity contribution in [3.63, 3.8) is 0 Å². The van der Waals surface area contributed by atoms with Crippen LogP contribution in [0.5, 0.6) is 11.5 Å². The molecule has 38 heavy (non-hydrogen) atoms. The number of nitrogens with zero attached hydrogens (tertiary/aromatic N) is 2. The van der Waals surface area contributed by atoms with Gasteiger partial charge >= 0.3 is 6.18 Å². The highest BCUT2D eigenvalue weighted by Gasteiger charge is 2.31. The van der Waals surface area contributed by atoms with Gasteiger partial charge < -0.3 is 20.1 Å². The van der Waals surface area contributed by atoms with Crippen LogP contribution in [-0.2, 0) is 11.0 Å². The molecule has 0 saturated heterocycles. The molecule has 1 saturated carbocycles. The Morgan fingerprint density at radius 2 is 1.92 bits per heavy atom. The normalized spacial score (nSPS) is 13.8. The zero-order chi connectivity index (χ0) is 27.1. The molecule has 1 amide bonds. The van der Waals surface area contributed by atoms with Crippen LogP contribution in [0.4, 0.5) is 30.4 Å². The minimum atomic E-state index is -4.60. The summed E-state index contributed by atoms with van der Waals surface area (Å²) in [6.45, 7) is 0. The quantitative estimate of drug-likeness (QED) is 0.320. The maximum Gasteiger partial charge on any atom is 0.416 e. The lowest BCUT2D eigenvalue weighted by Gasteiger charge is -2.18. The lowest BCUT2D eigenvalue weighted by atomic mass is 10.1. The Kier molecular flexibility index (Phi) is 8.16. The van der Waals surface area contributed by atoms with Crippen molar-refractivity contribution in [2.24, 2.45) is 0 Å². The van der Waals surface area contributed by atoms with Crippen LogP contribution in [0.15, 0.2) is 60.8 Å². The third kappa shape index (κ3) is 6.62. The summed E-state index contributed by atoms with van der Waals surface area (Å²) in [5.41, 5.74) is 0.124. The van der Waals surface area contributed by atoms with Gasteiger partial charge in [0.15, 0.2) is 11.5 Å². The summed E-state index contributed by atoms with van der Waals surface area (Å²) in [4.78, 5) is 16.9. The van der Waals surface area contributed by atoms with Crippen LogP contribution in [0.2, 0.25) is 0 Å². The molecule has 1 aliphatic carbocycles.